The molecule has 0 unspecified atom stereocenters. The maximum absolute atomic E-state index is 15.3. The summed E-state index contributed by atoms with van der Waals surface area (Å²) in [7, 11) is 1.81. The molecule has 3 aromatic heterocycles. The van der Waals surface area contributed by atoms with Crippen molar-refractivity contribution in [2.75, 3.05) is 50.1 Å². The van der Waals surface area contributed by atoms with Crippen LogP contribution in [0.1, 0.15) is 41.3 Å². The number of anilines is 2. The number of aromatic nitrogens is 4. The molecule has 4 aromatic rings. The summed E-state index contributed by atoms with van der Waals surface area (Å²) in [6, 6.07) is 4.21. The average molecular weight is 646 g/mol. The van der Waals surface area contributed by atoms with Gasteiger partial charge in [0.15, 0.2) is 17.9 Å². The summed E-state index contributed by atoms with van der Waals surface area (Å²) in [5.41, 5.74) is -1.48. The second-order valence-corrected chi connectivity index (χ2v) is 11.6. The minimum Gasteiger partial charge on any atom is -0.381 e. The van der Waals surface area contributed by atoms with Gasteiger partial charge in [0.25, 0.3) is 5.56 Å². The van der Waals surface area contributed by atoms with Gasteiger partial charge in [-0.2, -0.15) is 18.3 Å². The van der Waals surface area contributed by atoms with E-state index in [0.717, 1.165) is 16.7 Å². The molecule has 0 amide bonds. The Balaban J connectivity index is 1.28. The molecule has 1 fully saturated rings. The van der Waals surface area contributed by atoms with E-state index in [9.17, 15) is 22.8 Å². The summed E-state index contributed by atoms with van der Waals surface area (Å²) in [5.74, 6) is 0.319. The van der Waals surface area contributed by atoms with Gasteiger partial charge in [-0.3, -0.25) is 9.59 Å². The Morgan fingerprint density at radius 1 is 1.22 bits per heavy atom. The number of nitrogens with one attached hydrogen (secondary N) is 2. The molecule has 0 radical (unpaired) electrons. The van der Waals surface area contributed by atoms with E-state index in [1.165, 1.54) is 17.4 Å². The van der Waals surface area contributed by atoms with Gasteiger partial charge >= 0.3 is 6.18 Å². The zero-order valence-corrected chi connectivity index (χ0v) is 25.3. The number of thiophene rings is 1. The van der Waals surface area contributed by atoms with Crippen molar-refractivity contribution in [2.45, 2.75) is 32.0 Å². The van der Waals surface area contributed by atoms with Crippen LogP contribution in [0.3, 0.4) is 0 Å². The minimum atomic E-state index is -4.82. The topological polar surface area (TPSA) is 116 Å². The quantitative estimate of drug-likeness (QED) is 0.163. The van der Waals surface area contributed by atoms with Crippen LogP contribution in [0, 0.1) is 5.82 Å². The maximum atomic E-state index is 15.3. The molecule has 2 N–H and O–H groups in total. The maximum Gasteiger partial charge on any atom is 0.423 e. The predicted molar refractivity (Wildman–Crippen MR) is 165 cm³/mol. The molecule has 0 bridgehead atoms. The van der Waals surface area contributed by atoms with Crippen LogP contribution in [-0.4, -0.2) is 77.3 Å². The third-order valence-electron chi connectivity index (χ3n) is 7.33. The van der Waals surface area contributed by atoms with Gasteiger partial charge in [0, 0.05) is 38.3 Å². The number of hydrogen-bond acceptors (Lipinski definition) is 10. The minimum absolute atomic E-state index is 0.163. The number of halogens is 4. The van der Waals surface area contributed by atoms with E-state index >= 15 is 4.39 Å². The molecule has 1 aromatic carbocycles. The first kappa shape index (κ1) is 32.0. The van der Waals surface area contributed by atoms with Crippen molar-refractivity contribution in [1.82, 2.24) is 25.1 Å². The van der Waals surface area contributed by atoms with Crippen LogP contribution in [-0.2, 0) is 10.9 Å². The molecule has 10 nitrogen and oxygen atoms in total. The predicted octanol–water partition coefficient (Wildman–Crippen LogP) is 5.43. The van der Waals surface area contributed by atoms with Crippen LogP contribution in [0.2, 0.25) is 0 Å². The number of carbonyl (C=O) groups excluding carboxylic acids is 1. The molecule has 1 saturated heterocycles. The smallest absolute Gasteiger partial charge is 0.381 e. The Hall–Kier alpha value is -4.37. The van der Waals surface area contributed by atoms with Crippen LogP contribution in [0.25, 0.3) is 27.7 Å². The molecule has 4 heterocycles. The molecule has 5 rings (SSSR count). The van der Waals surface area contributed by atoms with E-state index in [2.05, 4.69) is 20.3 Å². The Labute approximate surface area is 259 Å². The lowest BCUT2D eigenvalue weighted by Gasteiger charge is -2.28. The summed E-state index contributed by atoms with van der Waals surface area (Å²) in [6.45, 7) is 4.70. The van der Waals surface area contributed by atoms with Gasteiger partial charge in [-0.15, -0.1) is 11.3 Å². The number of ether oxygens (including phenoxy) is 1. The zero-order valence-electron chi connectivity index (χ0n) is 24.5. The van der Waals surface area contributed by atoms with Crippen molar-refractivity contribution in [3.05, 3.63) is 68.8 Å². The number of H-pyrrole nitrogens is 1. The van der Waals surface area contributed by atoms with Gasteiger partial charge in [0.05, 0.1) is 40.9 Å². The Morgan fingerprint density at radius 3 is 2.73 bits per heavy atom. The summed E-state index contributed by atoms with van der Waals surface area (Å²) >= 11 is 1.52. The standard InChI is InChI=1S/C30H31F4N7O3S/c1-18(36-24-16-35-39-29(43)25(24)30(32,33)34)4-3-7-40(2)8-5-19-14-21(22(31)15-20(19)17-42)27-37-23-6-13-45-26(23)28(38-27)41-9-11-44-12-10-41/h5-6,8,13-18H,3-4,7,9-12H2,1-2H3,(H2,36,39,43)/b8-5-/t18-/m0/s1. The van der Waals surface area contributed by atoms with Gasteiger partial charge in [0.2, 0.25) is 0 Å². The largest absolute Gasteiger partial charge is 0.423 e. The number of rotatable bonds is 11. The van der Waals surface area contributed by atoms with Crippen molar-refractivity contribution in [2.24, 2.45) is 0 Å². The van der Waals surface area contributed by atoms with Crippen LogP contribution in [0.4, 0.5) is 29.1 Å². The summed E-state index contributed by atoms with van der Waals surface area (Å²) in [4.78, 5) is 36.8. The third-order valence-corrected chi connectivity index (χ3v) is 8.23. The highest BCUT2D eigenvalue weighted by Crippen LogP contribution is 2.34. The Bertz CT molecular complexity index is 1750. The van der Waals surface area contributed by atoms with Crippen molar-refractivity contribution in [1.29, 1.82) is 0 Å². The van der Waals surface area contributed by atoms with E-state index in [0.29, 0.717) is 63.1 Å². The van der Waals surface area contributed by atoms with Gasteiger partial charge < -0.3 is 19.9 Å². The van der Waals surface area contributed by atoms with E-state index in [4.69, 9.17) is 9.72 Å². The second kappa shape index (κ2) is 13.7. The van der Waals surface area contributed by atoms with E-state index < -0.39 is 23.1 Å². The lowest BCUT2D eigenvalue weighted by molar-refractivity contribution is -0.138. The number of aromatic amines is 1. The molecular formula is C30H31F4N7O3S. The first-order valence-corrected chi connectivity index (χ1v) is 15.1. The Kier molecular flexibility index (Phi) is 9.77. The van der Waals surface area contributed by atoms with Gasteiger partial charge in [-0.25, -0.2) is 19.5 Å². The fourth-order valence-corrected chi connectivity index (χ4v) is 5.88. The highest BCUT2D eigenvalue weighted by atomic mass is 32.1. The van der Waals surface area contributed by atoms with Crippen molar-refractivity contribution in [3.8, 4) is 11.4 Å². The second-order valence-electron chi connectivity index (χ2n) is 10.7. The number of aldehydes is 1. The Morgan fingerprint density at radius 2 is 2.00 bits per heavy atom. The van der Waals surface area contributed by atoms with Crippen LogP contribution >= 0.6 is 11.3 Å². The van der Waals surface area contributed by atoms with Crippen molar-refractivity contribution in [3.63, 3.8) is 0 Å². The molecule has 1 aliphatic rings. The molecule has 1 aliphatic heterocycles. The number of morpholine rings is 1. The highest BCUT2D eigenvalue weighted by molar-refractivity contribution is 7.17. The fourth-order valence-electron chi connectivity index (χ4n) is 5.04. The fraction of sp³-hybridized carbons (Fsp3) is 0.367. The summed E-state index contributed by atoms with van der Waals surface area (Å²) < 4.78 is 61.7. The lowest BCUT2D eigenvalue weighted by Crippen LogP contribution is -2.36. The lowest BCUT2D eigenvalue weighted by atomic mass is 10.0. The van der Waals surface area contributed by atoms with E-state index in [1.807, 2.05) is 28.5 Å². The number of hydrogen-bond donors (Lipinski definition) is 2. The first-order valence-electron chi connectivity index (χ1n) is 14.2. The molecular weight excluding hydrogens is 614 g/mol. The normalized spacial score (nSPS) is 14.7. The molecule has 15 heteroatoms. The monoisotopic (exact) mass is 645 g/mol. The van der Waals surface area contributed by atoms with Crippen LogP contribution in [0.5, 0.6) is 0 Å². The molecule has 238 valence electrons. The van der Waals surface area contributed by atoms with Gasteiger partial charge in [0.1, 0.15) is 11.4 Å². The molecule has 0 aliphatic carbocycles. The number of benzene rings is 1. The molecule has 45 heavy (non-hydrogen) atoms. The van der Waals surface area contributed by atoms with E-state index in [-0.39, 0.29) is 28.7 Å². The number of carbonyl (C=O) groups is 1. The number of fused-ring (bicyclic) bond motifs is 1. The van der Waals surface area contributed by atoms with Crippen molar-refractivity contribution >= 4 is 45.4 Å². The van der Waals surface area contributed by atoms with Crippen LogP contribution in [0.15, 0.2) is 40.8 Å². The number of nitrogens with zero attached hydrogens (tertiary/aromatic N) is 5. The molecule has 0 saturated carbocycles. The summed E-state index contributed by atoms with van der Waals surface area (Å²) in [5, 5.41) is 9.94. The number of alkyl halides is 3. The zero-order chi connectivity index (χ0) is 32.1. The van der Waals surface area contributed by atoms with E-state index in [1.54, 1.807) is 25.3 Å². The van der Waals surface area contributed by atoms with Crippen molar-refractivity contribution < 1.29 is 27.1 Å². The highest BCUT2D eigenvalue weighted by Gasteiger charge is 2.37. The molecule has 0 spiro atoms. The van der Waals surface area contributed by atoms with Gasteiger partial charge in [-0.1, -0.05) is 0 Å². The summed E-state index contributed by atoms with van der Waals surface area (Å²) in [6.07, 6.45) is 1.24. The first-order chi connectivity index (χ1) is 21.5. The molecule has 1 atom stereocenters. The average Bonchev–Trinajstić information content (AvgIpc) is 3.48. The third kappa shape index (κ3) is 7.48. The SMILES string of the molecule is C[C@@H](CCCN(C)/C=C\c1cc(-c2nc(N3CCOCC3)c3sccc3n2)c(F)cc1C=O)Nc1cn[nH]c(=O)c1C(F)(F)F. The van der Waals surface area contributed by atoms with Crippen LogP contribution < -0.4 is 15.8 Å². The van der Waals surface area contributed by atoms with Gasteiger partial charge in [-0.05, 0) is 61.2 Å².